The Labute approximate surface area is 378 Å². The number of benzene rings is 9. The van der Waals surface area contributed by atoms with Crippen LogP contribution in [-0.4, -0.2) is 4.57 Å². The van der Waals surface area contributed by atoms with E-state index in [-0.39, 0.29) is 0 Å². The summed E-state index contributed by atoms with van der Waals surface area (Å²) in [6, 6.07) is 79.0. The van der Waals surface area contributed by atoms with E-state index in [0.717, 1.165) is 61.4 Å². The van der Waals surface area contributed by atoms with Crippen molar-refractivity contribution in [2.24, 2.45) is 0 Å². The minimum atomic E-state index is -0.545. The molecule has 1 aliphatic carbocycles. The number of allylic oxidation sites excluding steroid dienone is 5. The van der Waals surface area contributed by atoms with Crippen LogP contribution < -0.4 is 4.90 Å². The third-order valence-electron chi connectivity index (χ3n) is 13.4. The molecule has 3 nitrogen and oxygen atoms in total. The number of hydrogen-bond donors (Lipinski definition) is 0. The van der Waals surface area contributed by atoms with E-state index in [0.29, 0.717) is 0 Å². The van der Waals surface area contributed by atoms with Crippen molar-refractivity contribution in [3.05, 3.63) is 271 Å². The second-order valence-electron chi connectivity index (χ2n) is 16.8. The van der Waals surface area contributed by atoms with Crippen molar-refractivity contribution >= 4 is 66.4 Å². The van der Waals surface area contributed by atoms with Crippen LogP contribution in [-0.2, 0) is 5.41 Å². The summed E-state index contributed by atoms with van der Waals surface area (Å²) in [6.07, 6.45) is 6.46. The third-order valence-corrected chi connectivity index (χ3v) is 13.4. The summed E-state index contributed by atoms with van der Waals surface area (Å²) in [5.74, 6) is 0. The lowest BCUT2D eigenvalue weighted by molar-refractivity contribution is 0.669. The van der Waals surface area contributed by atoms with Crippen LogP contribution in [0.15, 0.2) is 253 Å². The fraction of sp³-hybridized carbons (Fsp3) is 0.0323. The zero-order valence-electron chi connectivity index (χ0n) is 36.0. The van der Waals surface area contributed by atoms with Crippen LogP contribution in [0.1, 0.15) is 29.2 Å². The molecule has 1 unspecified atom stereocenters. The smallest absolute Gasteiger partial charge is 0.135 e. The van der Waals surface area contributed by atoms with Crippen molar-refractivity contribution in [1.82, 2.24) is 4.57 Å². The van der Waals surface area contributed by atoms with E-state index in [1.807, 2.05) is 18.2 Å². The number of nitrogens with zero attached hydrogens (tertiary/aromatic N) is 2. The molecule has 12 rings (SSSR count). The van der Waals surface area contributed by atoms with Gasteiger partial charge in [0.15, 0.2) is 0 Å². The van der Waals surface area contributed by atoms with E-state index in [2.05, 4.69) is 241 Å². The van der Waals surface area contributed by atoms with Crippen LogP contribution >= 0.6 is 0 Å². The predicted molar refractivity (Wildman–Crippen MR) is 273 cm³/mol. The van der Waals surface area contributed by atoms with Crippen LogP contribution in [0.25, 0.3) is 66.1 Å². The van der Waals surface area contributed by atoms with E-state index >= 15 is 0 Å². The molecule has 0 N–H and O–H groups in total. The van der Waals surface area contributed by atoms with Crippen molar-refractivity contribution in [3.63, 3.8) is 0 Å². The summed E-state index contributed by atoms with van der Waals surface area (Å²) >= 11 is 0. The van der Waals surface area contributed by atoms with Gasteiger partial charge in [-0.25, -0.2) is 0 Å². The Kier molecular flexibility index (Phi) is 9.10. The van der Waals surface area contributed by atoms with Crippen molar-refractivity contribution in [2.45, 2.75) is 12.3 Å². The molecular formula is C62H44N2O. The molecule has 1 aliphatic rings. The van der Waals surface area contributed by atoms with Gasteiger partial charge in [-0.15, -0.1) is 0 Å². The SMILES string of the molecule is C=CC1=C(/C=C\C)C(c2ccccc2)(c2ccc(N(c3ccc(-n4c5ccccc5c5ccccc54)cc3)c3cccc(-c4ccc5oc6ccccc6c5c4)c3)cc2)c2ccccc21. The third kappa shape index (κ3) is 5.97. The van der Waals surface area contributed by atoms with Crippen LogP contribution in [0.5, 0.6) is 0 Å². The lowest BCUT2D eigenvalue weighted by Crippen LogP contribution is -2.29. The topological polar surface area (TPSA) is 21.3 Å². The van der Waals surface area contributed by atoms with Crippen LogP contribution in [0, 0.1) is 0 Å². The van der Waals surface area contributed by atoms with E-state index in [9.17, 15) is 0 Å². The lowest BCUT2D eigenvalue weighted by Gasteiger charge is -2.35. The van der Waals surface area contributed by atoms with Gasteiger partial charge in [-0.3, -0.25) is 0 Å². The molecule has 11 aromatic rings. The van der Waals surface area contributed by atoms with Crippen LogP contribution in [0.4, 0.5) is 17.1 Å². The first-order chi connectivity index (χ1) is 32.1. The number of hydrogen-bond acceptors (Lipinski definition) is 2. The number of anilines is 3. The lowest BCUT2D eigenvalue weighted by atomic mass is 9.66. The monoisotopic (exact) mass is 832 g/mol. The first kappa shape index (κ1) is 38.3. The Morgan fingerprint density at radius 2 is 1.09 bits per heavy atom. The largest absolute Gasteiger partial charge is 0.456 e. The summed E-state index contributed by atoms with van der Waals surface area (Å²) in [6.45, 7) is 6.43. The highest BCUT2D eigenvalue weighted by Gasteiger charge is 2.46. The molecule has 0 spiro atoms. The Hall–Kier alpha value is -8.40. The minimum Gasteiger partial charge on any atom is -0.456 e. The second kappa shape index (κ2) is 15.4. The van der Waals surface area contributed by atoms with E-state index in [4.69, 9.17) is 4.42 Å². The summed E-state index contributed by atoms with van der Waals surface area (Å²) in [5.41, 5.74) is 17.5. The average molecular weight is 833 g/mol. The van der Waals surface area contributed by atoms with Gasteiger partial charge in [-0.1, -0.05) is 164 Å². The van der Waals surface area contributed by atoms with E-state index < -0.39 is 5.41 Å². The number of para-hydroxylation sites is 3. The molecular weight excluding hydrogens is 789 g/mol. The highest BCUT2D eigenvalue weighted by atomic mass is 16.3. The molecule has 0 fully saturated rings. The zero-order chi connectivity index (χ0) is 43.5. The van der Waals surface area contributed by atoms with Gasteiger partial charge in [0.1, 0.15) is 11.2 Å². The van der Waals surface area contributed by atoms with Crippen LogP contribution in [0.2, 0.25) is 0 Å². The van der Waals surface area contributed by atoms with Gasteiger partial charge >= 0.3 is 0 Å². The summed E-state index contributed by atoms with van der Waals surface area (Å²) in [7, 11) is 0. The Morgan fingerprint density at radius 3 is 1.82 bits per heavy atom. The van der Waals surface area contributed by atoms with Gasteiger partial charge in [-0.05, 0) is 130 Å². The van der Waals surface area contributed by atoms with Gasteiger partial charge < -0.3 is 13.9 Å². The fourth-order valence-corrected chi connectivity index (χ4v) is 10.6. The number of aromatic nitrogens is 1. The maximum Gasteiger partial charge on any atom is 0.135 e. The highest BCUT2D eigenvalue weighted by Crippen LogP contribution is 2.55. The Bertz CT molecular complexity index is 3630. The van der Waals surface area contributed by atoms with E-state index in [1.165, 1.54) is 49.6 Å². The minimum absolute atomic E-state index is 0.545. The number of rotatable bonds is 9. The Morgan fingerprint density at radius 1 is 0.492 bits per heavy atom. The molecule has 0 amide bonds. The quantitative estimate of drug-likeness (QED) is 0.144. The molecule has 1 atom stereocenters. The summed E-state index contributed by atoms with van der Waals surface area (Å²) in [5, 5.41) is 4.73. The first-order valence-corrected chi connectivity index (χ1v) is 22.3. The molecule has 2 heterocycles. The molecule has 0 saturated carbocycles. The molecule has 2 aromatic heterocycles. The highest BCUT2D eigenvalue weighted by molar-refractivity contribution is 6.09. The molecule has 3 heteroatoms. The summed E-state index contributed by atoms with van der Waals surface area (Å²) in [4.78, 5) is 2.38. The van der Waals surface area contributed by atoms with Crippen molar-refractivity contribution in [2.75, 3.05) is 4.90 Å². The van der Waals surface area contributed by atoms with Gasteiger partial charge in [0.2, 0.25) is 0 Å². The average Bonchev–Trinajstić information content (AvgIpc) is 4.01. The molecule has 308 valence electrons. The van der Waals surface area contributed by atoms with E-state index in [1.54, 1.807) is 0 Å². The summed E-state index contributed by atoms with van der Waals surface area (Å²) < 4.78 is 8.59. The Balaban J connectivity index is 1.03. The zero-order valence-corrected chi connectivity index (χ0v) is 36.0. The van der Waals surface area contributed by atoms with Crippen molar-refractivity contribution in [3.8, 4) is 16.8 Å². The van der Waals surface area contributed by atoms with Crippen molar-refractivity contribution < 1.29 is 4.42 Å². The molecule has 0 bridgehead atoms. The first-order valence-electron chi connectivity index (χ1n) is 22.3. The van der Waals surface area contributed by atoms with Gasteiger partial charge in [0.25, 0.3) is 0 Å². The fourth-order valence-electron chi connectivity index (χ4n) is 10.6. The second-order valence-corrected chi connectivity index (χ2v) is 16.8. The van der Waals surface area contributed by atoms with Gasteiger partial charge in [0, 0.05) is 44.3 Å². The van der Waals surface area contributed by atoms with Gasteiger partial charge in [-0.2, -0.15) is 0 Å². The standard InChI is InChI=1S/C62H44N2O/c1-3-17-56-50(4-2)51-22-8-12-26-57(51)62(56,44-19-6-5-7-20-44)45-31-33-46(34-32-45)63(47-35-37-48(38-36-47)64-58-27-13-9-23-52(58)53-24-10-14-28-59(53)64)49-21-16-18-42(40-49)43-30-39-61-55(41-43)54-25-11-15-29-60(54)65-61/h3-41H,2H2,1H3/b17-3-. The molecule has 0 radical (unpaired) electrons. The molecule has 65 heavy (non-hydrogen) atoms. The number of furan rings is 1. The molecule has 0 saturated heterocycles. The van der Waals surface area contributed by atoms with Crippen molar-refractivity contribution in [1.29, 1.82) is 0 Å². The maximum atomic E-state index is 6.22. The predicted octanol–water partition coefficient (Wildman–Crippen LogP) is 16.7. The maximum absolute atomic E-state index is 6.22. The molecule has 0 aliphatic heterocycles. The number of fused-ring (bicyclic) bond motifs is 7. The normalized spacial score (nSPS) is 14.8. The molecule has 9 aromatic carbocycles. The van der Waals surface area contributed by atoms with Crippen LogP contribution in [0.3, 0.4) is 0 Å². The van der Waals surface area contributed by atoms with Gasteiger partial charge in [0.05, 0.1) is 16.4 Å².